The number of carbonyl (C=O) groups excluding carboxylic acids is 1. The van der Waals surface area contributed by atoms with Crippen LogP contribution in [0.5, 0.6) is 5.75 Å². The normalized spacial score (nSPS) is 16.3. The molecule has 36 heavy (non-hydrogen) atoms. The summed E-state index contributed by atoms with van der Waals surface area (Å²) in [5, 5.41) is 13.8. The number of nitrogens with zero attached hydrogens (tertiary/aromatic N) is 3. The van der Waals surface area contributed by atoms with Crippen LogP contribution in [0.25, 0.3) is 22.2 Å². The molecule has 1 unspecified atom stereocenters. The Hall–Kier alpha value is -4.12. The minimum absolute atomic E-state index is 0.0701. The fraction of sp³-hybridized carbons (Fsp3) is 0.357. The van der Waals surface area contributed by atoms with Crippen LogP contribution in [0.15, 0.2) is 47.5 Å². The molecule has 2 aliphatic rings. The topological polar surface area (TPSA) is 115 Å². The number of amidine groups is 1. The second kappa shape index (κ2) is 9.86. The minimum Gasteiger partial charge on any atom is -0.504 e. The zero-order chi connectivity index (χ0) is 25.2. The molecule has 8 heteroatoms. The van der Waals surface area contributed by atoms with E-state index in [2.05, 4.69) is 20.9 Å². The van der Waals surface area contributed by atoms with Gasteiger partial charge in [0, 0.05) is 23.2 Å². The van der Waals surface area contributed by atoms with Gasteiger partial charge in [0.05, 0.1) is 23.4 Å². The molecule has 1 heterocycles. The molecule has 0 bridgehead atoms. The number of fused-ring (bicyclic) bond motifs is 1. The van der Waals surface area contributed by atoms with Crippen molar-refractivity contribution < 1.29 is 14.3 Å². The highest BCUT2D eigenvalue weighted by molar-refractivity contribution is 5.96. The van der Waals surface area contributed by atoms with Crippen molar-refractivity contribution in [1.82, 2.24) is 4.57 Å². The molecule has 1 aromatic heterocycles. The number of amides is 1. The van der Waals surface area contributed by atoms with E-state index in [1.165, 1.54) is 0 Å². The van der Waals surface area contributed by atoms with Crippen molar-refractivity contribution in [2.24, 2.45) is 16.6 Å². The lowest BCUT2D eigenvalue weighted by atomic mass is 10.1. The van der Waals surface area contributed by atoms with E-state index in [1.807, 2.05) is 49.4 Å². The van der Waals surface area contributed by atoms with Gasteiger partial charge in [-0.3, -0.25) is 5.32 Å². The predicted molar refractivity (Wildman–Crippen MR) is 140 cm³/mol. The van der Waals surface area contributed by atoms with Crippen molar-refractivity contribution in [1.29, 1.82) is 5.26 Å². The predicted octanol–water partition coefficient (Wildman–Crippen LogP) is 5.78. The van der Waals surface area contributed by atoms with E-state index in [4.69, 9.17) is 15.2 Å². The summed E-state index contributed by atoms with van der Waals surface area (Å²) in [5.74, 6) is 1.55. The van der Waals surface area contributed by atoms with Gasteiger partial charge in [0.2, 0.25) is 0 Å². The van der Waals surface area contributed by atoms with Gasteiger partial charge in [-0.15, -0.1) is 6.54 Å². The van der Waals surface area contributed by atoms with Gasteiger partial charge in [-0.2, -0.15) is 5.26 Å². The molecule has 1 amide bonds. The first-order valence-electron chi connectivity index (χ1n) is 12.4. The standard InChI is InChI=1S/C28H30N5O3/c1-3-31-26(30)16-35-22-12-13-23-24(15-29)27(33(21-10-11-21)25(23)14-22)19-6-8-20(9-7-19)32-28(34)36-17(2)18-4-5-18/h3,6-9,12-14,17-18,21H,4-5,10-11,16H2,1-2H3,(H2,30,31)(H,32,34)/q-1. The molecular weight excluding hydrogens is 454 g/mol. The molecule has 186 valence electrons. The van der Waals surface area contributed by atoms with E-state index in [0.29, 0.717) is 34.8 Å². The van der Waals surface area contributed by atoms with E-state index in [1.54, 1.807) is 13.5 Å². The van der Waals surface area contributed by atoms with E-state index < -0.39 is 6.09 Å². The maximum Gasteiger partial charge on any atom is 0.411 e. The lowest BCUT2D eigenvalue weighted by molar-refractivity contribution is 0.108. The first kappa shape index (κ1) is 23.6. The molecule has 1 atom stereocenters. The van der Waals surface area contributed by atoms with Gasteiger partial charge in [-0.25, -0.2) is 4.79 Å². The number of anilines is 1. The summed E-state index contributed by atoms with van der Waals surface area (Å²) in [5.41, 5.74) is 9.88. The minimum atomic E-state index is -0.443. The van der Waals surface area contributed by atoms with Crippen LogP contribution in [-0.2, 0) is 4.74 Å². The third-order valence-corrected chi connectivity index (χ3v) is 6.66. The van der Waals surface area contributed by atoms with Gasteiger partial charge in [-0.1, -0.05) is 19.1 Å². The van der Waals surface area contributed by atoms with Crippen molar-refractivity contribution in [2.75, 3.05) is 11.9 Å². The van der Waals surface area contributed by atoms with Crippen LogP contribution < -0.4 is 15.8 Å². The van der Waals surface area contributed by atoms with Crippen LogP contribution in [0.3, 0.4) is 0 Å². The Balaban J connectivity index is 1.43. The maximum atomic E-state index is 12.2. The van der Waals surface area contributed by atoms with Crippen molar-refractivity contribution in [3.8, 4) is 23.1 Å². The number of hydrogen-bond acceptors (Lipinski definition) is 5. The molecule has 2 fully saturated rings. The van der Waals surface area contributed by atoms with Gasteiger partial charge in [0.25, 0.3) is 0 Å². The molecule has 8 nitrogen and oxygen atoms in total. The summed E-state index contributed by atoms with van der Waals surface area (Å²) in [6, 6.07) is 16.1. The fourth-order valence-electron chi connectivity index (χ4n) is 4.54. The van der Waals surface area contributed by atoms with Crippen LogP contribution in [0.1, 0.15) is 51.1 Å². The molecule has 2 aromatic carbocycles. The van der Waals surface area contributed by atoms with Crippen LogP contribution in [0.2, 0.25) is 0 Å². The zero-order valence-electron chi connectivity index (χ0n) is 20.5. The number of aliphatic imine (C=N–C) groups is 1. The number of nitrogens with one attached hydrogen (secondary N) is 1. The van der Waals surface area contributed by atoms with Crippen LogP contribution in [0, 0.1) is 23.8 Å². The van der Waals surface area contributed by atoms with E-state index in [-0.39, 0.29) is 12.7 Å². The summed E-state index contributed by atoms with van der Waals surface area (Å²) in [4.78, 5) is 16.3. The molecule has 0 saturated heterocycles. The summed E-state index contributed by atoms with van der Waals surface area (Å²) in [7, 11) is 0. The van der Waals surface area contributed by atoms with Gasteiger partial charge in [-0.05, 0) is 74.2 Å². The van der Waals surface area contributed by atoms with Crippen molar-refractivity contribution in [3.05, 3.63) is 54.6 Å². The second-order valence-corrected chi connectivity index (χ2v) is 9.43. The molecule has 5 rings (SSSR count). The lowest BCUT2D eigenvalue weighted by Crippen LogP contribution is -2.21. The number of nitrogens with two attached hydrogens (primary N) is 1. The summed E-state index contributed by atoms with van der Waals surface area (Å²) in [6.45, 7) is 5.55. The second-order valence-electron chi connectivity index (χ2n) is 9.43. The fourth-order valence-corrected chi connectivity index (χ4v) is 4.54. The molecule has 2 saturated carbocycles. The quantitative estimate of drug-likeness (QED) is 0.227. The van der Waals surface area contributed by atoms with E-state index in [0.717, 1.165) is 47.8 Å². The average Bonchev–Trinajstić information content (AvgIpc) is 3.79. The first-order chi connectivity index (χ1) is 17.5. The Morgan fingerprint density at radius 1 is 1.25 bits per heavy atom. The Labute approximate surface area is 210 Å². The summed E-state index contributed by atoms with van der Waals surface area (Å²) >= 11 is 0. The maximum absolute atomic E-state index is 12.2. The molecule has 3 aromatic rings. The SMILES string of the molecule is C[CH-]N=C(N)COc1ccc2c(C#N)c(-c3ccc(NC(=O)OC(C)C4CC4)cc3)n(C3CC3)c2c1. The molecule has 0 radical (unpaired) electrons. The van der Waals surface area contributed by atoms with Gasteiger partial charge >= 0.3 is 6.09 Å². The molecule has 2 aliphatic carbocycles. The Morgan fingerprint density at radius 2 is 2.00 bits per heavy atom. The van der Waals surface area contributed by atoms with Gasteiger partial charge in [0.1, 0.15) is 17.9 Å². The summed E-state index contributed by atoms with van der Waals surface area (Å²) in [6.07, 6.45) is 3.84. The summed E-state index contributed by atoms with van der Waals surface area (Å²) < 4.78 is 13.6. The smallest absolute Gasteiger partial charge is 0.411 e. The number of nitriles is 1. The third-order valence-electron chi connectivity index (χ3n) is 6.66. The number of rotatable bonds is 9. The van der Waals surface area contributed by atoms with Gasteiger partial charge in [0.15, 0.2) is 0 Å². The van der Waals surface area contributed by atoms with Crippen molar-refractivity contribution in [2.45, 2.75) is 51.7 Å². The highest BCUT2D eigenvalue weighted by atomic mass is 16.6. The Kier molecular flexibility index (Phi) is 6.47. The molecule has 0 spiro atoms. The van der Waals surface area contributed by atoms with E-state index in [9.17, 15) is 10.1 Å². The average molecular weight is 485 g/mol. The Morgan fingerprint density at radius 3 is 2.64 bits per heavy atom. The molecular formula is C28H30N5O3-. The van der Waals surface area contributed by atoms with E-state index >= 15 is 0 Å². The number of hydrogen-bond donors (Lipinski definition) is 2. The number of carbonyl (C=O) groups is 1. The van der Waals surface area contributed by atoms with Crippen molar-refractivity contribution >= 4 is 28.5 Å². The third kappa shape index (κ3) is 4.96. The molecule has 3 N–H and O–H groups in total. The molecule has 0 aliphatic heterocycles. The zero-order valence-corrected chi connectivity index (χ0v) is 20.5. The highest BCUT2D eigenvalue weighted by Crippen LogP contribution is 2.45. The van der Waals surface area contributed by atoms with Crippen LogP contribution in [0.4, 0.5) is 10.5 Å². The van der Waals surface area contributed by atoms with Gasteiger partial charge < -0.3 is 24.8 Å². The van der Waals surface area contributed by atoms with Crippen LogP contribution in [-0.4, -0.2) is 29.2 Å². The monoisotopic (exact) mass is 484 g/mol. The lowest BCUT2D eigenvalue weighted by Gasteiger charge is -2.14. The number of benzene rings is 2. The largest absolute Gasteiger partial charge is 0.504 e. The highest BCUT2D eigenvalue weighted by Gasteiger charge is 2.32. The van der Waals surface area contributed by atoms with Crippen LogP contribution >= 0.6 is 0 Å². The van der Waals surface area contributed by atoms with Crippen molar-refractivity contribution in [3.63, 3.8) is 0 Å². The first-order valence-corrected chi connectivity index (χ1v) is 12.4. The Bertz CT molecular complexity index is 1340. The number of aromatic nitrogens is 1. The number of ether oxygens (including phenoxy) is 2.